The van der Waals surface area contributed by atoms with E-state index in [-0.39, 0.29) is 25.0 Å². The van der Waals surface area contributed by atoms with Crippen LogP contribution in [0.3, 0.4) is 0 Å². The third-order valence-corrected chi connectivity index (χ3v) is 6.47. The van der Waals surface area contributed by atoms with E-state index in [1.54, 1.807) is 34.9 Å². The molecule has 0 spiro atoms. The van der Waals surface area contributed by atoms with E-state index in [4.69, 9.17) is 9.47 Å². The summed E-state index contributed by atoms with van der Waals surface area (Å²) in [4.78, 5) is 39.1. The van der Waals surface area contributed by atoms with E-state index in [1.165, 1.54) is 0 Å². The zero-order chi connectivity index (χ0) is 21.8. The molecule has 8 heteroatoms. The maximum atomic E-state index is 12.8. The zero-order valence-electron chi connectivity index (χ0n) is 17.3. The summed E-state index contributed by atoms with van der Waals surface area (Å²) < 4.78 is 10.7. The van der Waals surface area contributed by atoms with Gasteiger partial charge in [0.05, 0.1) is 5.69 Å². The number of benzene rings is 2. The first-order valence-corrected chi connectivity index (χ1v) is 11.1. The Morgan fingerprint density at radius 3 is 2.87 bits per heavy atom. The van der Waals surface area contributed by atoms with Gasteiger partial charge in [-0.1, -0.05) is 19.1 Å². The molecule has 0 bridgehead atoms. The van der Waals surface area contributed by atoms with Crippen LogP contribution in [-0.2, 0) is 25.5 Å². The Kier molecular flexibility index (Phi) is 6.46. The van der Waals surface area contributed by atoms with Gasteiger partial charge in [-0.25, -0.2) is 4.79 Å². The summed E-state index contributed by atoms with van der Waals surface area (Å²) in [5.41, 5.74) is 2.59. The van der Waals surface area contributed by atoms with Crippen molar-refractivity contribution in [2.75, 3.05) is 30.0 Å². The third kappa shape index (κ3) is 5.19. The second-order valence-corrected chi connectivity index (χ2v) is 9.03. The molecule has 0 aromatic heterocycles. The molecule has 4 rings (SSSR count). The van der Waals surface area contributed by atoms with Crippen LogP contribution in [-0.4, -0.2) is 42.8 Å². The van der Waals surface area contributed by atoms with Crippen molar-refractivity contribution in [2.24, 2.45) is 0 Å². The van der Waals surface area contributed by atoms with E-state index in [9.17, 15) is 14.4 Å². The average Bonchev–Trinajstić information content (AvgIpc) is 2.94. The van der Waals surface area contributed by atoms with Crippen LogP contribution in [0.4, 0.5) is 11.4 Å². The summed E-state index contributed by atoms with van der Waals surface area (Å²) in [5, 5.41) is 3.20. The Hall–Kier alpha value is -3.00. The molecule has 1 atom stereocenters. The SMILES string of the molecule is CC1CCN(C(=O)COC(=O)COc2ccc3c(c2)CCC(=O)N3)c2ccccc2S1. The predicted molar refractivity (Wildman–Crippen MR) is 119 cm³/mol. The van der Waals surface area contributed by atoms with Crippen LogP contribution in [0.2, 0.25) is 0 Å². The molecule has 31 heavy (non-hydrogen) atoms. The lowest BCUT2D eigenvalue weighted by Crippen LogP contribution is -2.36. The Balaban J connectivity index is 1.30. The molecule has 2 amide bonds. The number of nitrogens with one attached hydrogen (secondary N) is 1. The van der Waals surface area contributed by atoms with Gasteiger partial charge in [0, 0.05) is 28.8 Å². The summed E-state index contributed by atoms with van der Waals surface area (Å²) >= 11 is 1.75. The van der Waals surface area contributed by atoms with Crippen LogP contribution < -0.4 is 15.0 Å². The largest absolute Gasteiger partial charge is 0.482 e. The Labute approximate surface area is 185 Å². The third-order valence-electron chi connectivity index (χ3n) is 5.23. The molecule has 0 radical (unpaired) electrons. The van der Waals surface area contributed by atoms with E-state index >= 15 is 0 Å². The van der Waals surface area contributed by atoms with Crippen LogP contribution in [0, 0.1) is 0 Å². The minimum absolute atomic E-state index is 0.00510. The normalized spacial score (nSPS) is 17.6. The second kappa shape index (κ2) is 9.43. The van der Waals surface area contributed by atoms with Gasteiger partial charge in [0.15, 0.2) is 13.2 Å². The van der Waals surface area contributed by atoms with E-state index in [2.05, 4.69) is 12.2 Å². The molecule has 2 aromatic carbocycles. The number of nitrogens with zero attached hydrogens (tertiary/aromatic N) is 1. The smallest absolute Gasteiger partial charge is 0.344 e. The Morgan fingerprint density at radius 2 is 2.00 bits per heavy atom. The zero-order valence-corrected chi connectivity index (χ0v) is 18.1. The molecule has 0 saturated heterocycles. The number of amides is 2. The highest BCUT2D eigenvalue weighted by Gasteiger charge is 2.25. The van der Waals surface area contributed by atoms with Gasteiger partial charge in [-0.05, 0) is 48.7 Å². The van der Waals surface area contributed by atoms with Crippen molar-refractivity contribution in [2.45, 2.75) is 36.3 Å². The highest BCUT2D eigenvalue weighted by Crippen LogP contribution is 2.37. The van der Waals surface area contributed by atoms with Crippen molar-refractivity contribution in [3.63, 3.8) is 0 Å². The van der Waals surface area contributed by atoms with E-state index in [1.807, 2.05) is 24.3 Å². The van der Waals surface area contributed by atoms with Crippen molar-refractivity contribution in [3.05, 3.63) is 48.0 Å². The summed E-state index contributed by atoms with van der Waals surface area (Å²) in [5.74, 6) is -0.342. The maximum absolute atomic E-state index is 12.8. The molecule has 2 aliphatic heterocycles. The Morgan fingerprint density at radius 1 is 1.16 bits per heavy atom. The van der Waals surface area contributed by atoms with E-state index < -0.39 is 5.97 Å². The number of carbonyl (C=O) groups is 3. The lowest BCUT2D eigenvalue weighted by molar-refractivity contribution is -0.149. The summed E-state index contributed by atoms with van der Waals surface area (Å²) in [6, 6.07) is 13.0. The molecule has 2 aromatic rings. The topological polar surface area (TPSA) is 84.9 Å². The number of aryl methyl sites for hydroxylation is 1. The van der Waals surface area contributed by atoms with Crippen LogP contribution in [0.5, 0.6) is 5.75 Å². The summed E-state index contributed by atoms with van der Waals surface area (Å²) in [6.45, 7) is 2.11. The fraction of sp³-hybridized carbons (Fsp3) is 0.348. The molecule has 0 aliphatic carbocycles. The van der Waals surface area contributed by atoms with Crippen molar-refractivity contribution in [1.82, 2.24) is 0 Å². The van der Waals surface area contributed by atoms with Gasteiger partial charge < -0.3 is 19.7 Å². The minimum Gasteiger partial charge on any atom is -0.482 e. The Bertz CT molecular complexity index is 1010. The average molecular weight is 441 g/mol. The molecule has 2 heterocycles. The molecule has 162 valence electrons. The number of hydrogen-bond acceptors (Lipinski definition) is 6. The number of esters is 1. The standard InChI is InChI=1S/C23H24N2O5S/c1-15-10-11-25(19-4-2-3-5-20(19)31-15)22(27)13-30-23(28)14-29-17-7-8-18-16(12-17)6-9-21(26)24-18/h2-5,7-8,12,15H,6,9-11,13-14H2,1H3,(H,24,26). The fourth-order valence-electron chi connectivity index (χ4n) is 3.60. The summed E-state index contributed by atoms with van der Waals surface area (Å²) in [7, 11) is 0. The molecular formula is C23H24N2O5S. The first kappa shape index (κ1) is 21.2. The van der Waals surface area contributed by atoms with Gasteiger partial charge in [-0.15, -0.1) is 11.8 Å². The molecule has 2 aliphatic rings. The molecule has 0 fully saturated rings. The molecular weight excluding hydrogens is 416 g/mol. The maximum Gasteiger partial charge on any atom is 0.344 e. The van der Waals surface area contributed by atoms with Gasteiger partial charge in [-0.2, -0.15) is 0 Å². The molecule has 1 N–H and O–H groups in total. The summed E-state index contributed by atoms with van der Waals surface area (Å²) in [6.07, 6.45) is 1.92. The predicted octanol–water partition coefficient (Wildman–Crippen LogP) is 3.41. The number of hydrogen-bond donors (Lipinski definition) is 1. The van der Waals surface area contributed by atoms with Crippen LogP contribution in [0.25, 0.3) is 0 Å². The lowest BCUT2D eigenvalue weighted by Gasteiger charge is -2.22. The quantitative estimate of drug-likeness (QED) is 0.718. The van der Waals surface area contributed by atoms with Crippen molar-refractivity contribution < 1.29 is 23.9 Å². The number of para-hydroxylation sites is 1. The van der Waals surface area contributed by atoms with Gasteiger partial charge in [0.25, 0.3) is 5.91 Å². The van der Waals surface area contributed by atoms with Crippen LogP contribution >= 0.6 is 11.8 Å². The van der Waals surface area contributed by atoms with Crippen molar-refractivity contribution in [3.8, 4) is 5.75 Å². The van der Waals surface area contributed by atoms with Crippen LogP contribution in [0.15, 0.2) is 47.4 Å². The lowest BCUT2D eigenvalue weighted by atomic mass is 10.0. The van der Waals surface area contributed by atoms with Crippen molar-refractivity contribution >= 4 is 40.9 Å². The molecule has 7 nitrogen and oxygen atoms in total. The van der Waals surface area contributed by atoms with E-state index in [0.29, 0.717) is 30.4 Å². The highest BCUT2D eigenvalue weighted by molar-refractivity contribution is 8.00. The fourth-order valence-corrected chi connectivity index (χ4v) is 4.71. The van der Waals surface area contributed by atoms with Gasteiger partial charge in [-0.3, -0.25) is 9.59 Å². The number of ether oxygens (including phenoxy) is 2. The highest BCUT2D eigenvalue weighted by atomic mass is 32.2. The molecule has 0 saturated carbocycles. The number of fused-ring (bicyclic) bond motifs is 2. The van der Waals surface area contributed by atoms with E-state index in [0.717, 1.165) is 28.3 Å². The number of carbonyl (C=O) groups excluding carboxylic acids is 3. The first-order valence-electron chi connectivity index (χ1n) is 10.3. The second-order valence-electron chi connectivity index (χ2n) is 7.55. The van der Waals surface area contributed by atoms with Crippen LogP contribution in [0.1, 0.15) is 25.3 Å². The van der Waals surface area contributed by atoms with Gasteiger partial charge >= 0.3 is 5.97 Å². The van der Waals surface area contributed by atoms with Crippen molar-refractivity contribution in [1.29, 1.82) is 0 Å². The number of anilines is 2. The van der Waals surface area contributed by atoms with Gasteiger partial charge in [0.2, 0.25) is 5.91 Å². The number of thioether (sulfide) groups is 1. The first-order chi connectivity index (χ1) is 15.0. The van der Waals surface area contributed by atoms with Gasteiger partial charge in [0.1, 0.15) is 5.75 Å². The monoisotopic (exact) mass is 440 g/mol. The number of rotatable bonds is 5. The molecule has 1 unspecified atom stereocenters. The minimum atomic E-state index is -0.606.